The van der Waals surface area contributed by atoms with Crippen LogP contribution < -0.4 is 0 Å². The van der Waals surface area contributed by atoms with Crippen molar-refractivity contribution in [1.82, 2.24) is 0 Å². The summed E-state index contributed by atoms with van der Waals surface area (Å²) in [5.74, 6) is 0.573. The third kappa shape index (κ3) is 5.94. The lowest BCUT2D eigenvalue weighted by atomic mass is 9.83. The molecule has 0 N–H and O–H groups in total. The normalized spacial score (nSPS) is 22.3. The molecule has 1 fully saturated rings. The smallest absolute Gasteiger partial charge is 0.100 e. The van der Waals surface area contributed by atoms with Gasteiger partial charge in [0.15, 0.2) is 0 Å². The molecule has 1 aromatic carbocycles. The van der Waals surface area contributed by atoms with Crippen LogP contribution in [0.25, 0.3) is 6.08 Å². The summed E-state index contributed by atoms with van der Waals surface area (Å²) in [6.45, 7) is 2.26. The Morgan fingerprint density at radius 1 is 0.955 bits per heavy atom. The molecule has 122 valence electrons. The van der Waals surface area contributed by atoms with Gasteiger partial charge in [0.05, 0.1) is 0 Å². The first-order valence-electron chi connectivity index (χ1n) is 9.20. The maximum atomic E-state index is 13.2. The van der Waals surface area contributed by atoms with Crippen LogP contribution in [-0.4, -0.2) is 6.17 Å². The number of hydrogen-bond acceptors (Lipinski definition) is 0. The molecule has 22 heavy (non-hydrogen) atoms. The molecule has 0 amide bonds. The van der Waals surface area contributed by atoms with Gasteiger partial charge in [-0.3, -0.25) is 0 Å². The Bertz CT molecular complexity index is 424. The van der Waals surface area contributed by atoms with E-state index in [1.54, 1.807) is 0 Å². The van der Waals surface area contributed by atoms with E-state index in [1.807, 2.05) is 0 Å². The van der Waals surface area contributed by atoms with E-state index in [1.165, 1.54) is 49.7 Å². The van der Waals surface area contributed by atoms with Crippen molar-refractivity contribution >= 4 is 6.08 Å². The zero-order chi connectivity index (χ0) is 15.6. The average molecular weight is 302 g/mol. The van der Waals surface area contributed by atoms with Gasteiger partial charge in [0, 0.05) is 0 Å². The molecule has 0 atom stereocenters. The van der Waals surface area contributed by atoms with Crippen LogP contribution in [0.1, 0.15) is 88.2 Å². The molecule has 0 saturated heterocycles. The lowest BCUT2D eigenvalue weighted by Gasteiger charge is -2.24. The topological polar surface area (TPSA) is 0 Å². The predicted molar refractivity (Wildman–Crippen MR) is 95.0 cm³/mol. The molecule has 1 saturated carbocycles. The Hall–Kier alpha value is -1.11. The van der Waals surface area contributed by atoms with Gasteiger partial charge in [0.2, 0.25) is 0 Å². The van der Waals surface area contributed by atoms with Crippen LogP contribution in [0, 0.1) is 0 Å². The fraction of sp³-hybridized carbons (Fsp3) is 0.619. The van der Waals surface area contributed by atoms with Gasteiger partial charge in [0.25, 0.3) is 0 Å². The quantitative estimate of drug-likeness (QED) is 0.451. The number of alkyl halides is 1. The molecule has 0 aromatic heterocycles. The molecule has 1 heteroatoms. The summed E-state index contributed by atoms with van der Waals surface area (Å²) in [5, 5.41) is 0. The van der Waals surface area contributed by atoms with Gasteiger partial charge in [-0.05, 0) is 55.6 Å². The minimum atomic E-state index is -0.559. The fourth-order valence-corrected chi connectivity index (χ4v) is 3.35. The number of halogens is 1. The van der Waals surface area contributed by atoms with E-state index in [0.29, 0.717) is 5.92 Å². The number of hydrogen-bond donors (Lipinski definition) is 0. The first-order valence-corrected chi connectivity index (χ1v) is 9.20. The van der Waals surface area contributed by atoms with E-state index in [4.69, 9.17) is 0 Å². The van der Waals surface area contributed by atoms with E-state index in [9.17, 15) is 4.39 Å². The molecule has 1 aliphatic carbocycles. The monoisotopic (exact) mass is 302 g/mol. The summed E-state index contributed by atoms with van der Waals surface area (Å²) < 4.78 is 13.2. The van der Waals surface area contributed by atoms with Crippen molar-refractivity contribution in [1.29, 1.82) is 0 Å². The summed E-state index contributed by atoms with van der Waals surface area (Å²) in [6.07, 6.45) is 15.4. The average Bonchev–Trinajstić information content (AvgIpc) is 2.55. The molecule has 0 heterocycles. The molecule has 0 aliphatic heterocycles. The molecule has 0 spiro atoms. The molecule has 0 radical (unpaired) electrons. The zero-order valence-electron chi connectivity index (χ0n) is 14.1. The molecule has 0 bridgehead atoms. The molecular weight excluding hydrogens is 271 g/mol. The van der Waals surface area contributed by atoms with E-state index in [0.717, 1.165) is 25.7 Å². The molecule has 1 aliphatic rings. The van der Waals surface area contributed by atoms with E-state index in [2.05, 4.69) is 43.3 Å². The van der Waals surface area contributed by atoms with Crippen molar-refractivity contribution in [2.24, 2.45) is 0 Å². The van der Waals surface area contributed by atoms with Gasteiger partial charge in [-0.25, -0.2) is 4.39 Å². The maximum Gasteiger partial charge on any atom is 0.100 e. The van der Waals surface area contributed by atoms with E-state index < -0.39 is 6.17 Å². The van der Waals surface area contributed by atoms with Crippen molar-refractivity contribution in [3.63, 3.8) is 0 Å². The second-order valence-electron chi connectivity index (χ2n) is 6.72. The Morgan fingerprint density at radius 3 is 2.32 bits per heavy atom. The molecule has 2 rings (SSSR count). The standard InChI is InChI=1S/C21H31F/c1-2-3-4-5-6-7-8-9-18-10-12-19(13-11-18)20-14-16-21(22)17-15-20/h8-13,20-21H,2-7,14-17H2,1H3/t20-,21-. The minimum absolute atomic E-state index is 0.559. The van der Waals surface area contributed by atoms with Crippen molar-refractivity contribution in [3.8, 4) is 0 Å². The number of benzene rings is 1. The van der Waals surface area contributed by atoms with Crippen molar-refractivity contribution in [2.75, 3.05) is 0 Å². The van der Waals surface area contributed by atoms with Crippen molar-refractivity contribution < 1.29 is 4.39 Å². The highest BCUT2D eigenvalue weighted by Gasteiger charge is 2.21. The molecule has 0 nitrogen and oxygen atoms in total. The van der Waals surface area contributed by atoms with E-state index in [-0.39, 0.29) is 0 Å². The maximum absolute atomic E-state index is 13.2. The Balaban J connectivity index is 1.72. The van der Waals surface area contributed by atoms with Crippen LogP contribution >= 0.6 is 0 Å². The largest absolute Gasteiger partial charge is 0.247 e. The van der Waals surface area contributed by atoms with Crippen LogP contribution in [0.4, 0.5) is 4.39 Å². The molecular formula is C21H31F. The highest BCUT2D eigenvalue weighted by molar-refractivity contribution is 5.49. The zero-order valence-corrected chi connectivity index (χ0v) is 14.1. The van der Waals surface area contributed by atoms with Crippen molar-refractivity contribution in [2.45, 2.75) is 83.2 Å². The molecule has 0 unspecified atom stereocenters. The van der Waals surface area contributed by atoms with Crippen LogP contribution in [0.2, 0.25) is 0 Å². The van der Waals surface area contributed by atoms with Crippen LogP contribution in [0.15, 0.2) is 30.3 Å². The first kappa shape index (κ1) is 17.2. The van der Waals surface area contributed by atoms with Crippen LogP contribution in [0.3, 0.4) is 0 Å². The van der Waals surface area contributed by atoms with Crippen LogP contribution in [0.5, 0.6) is 0 Å². The van der Waals surface area contributed by atoms with Gasteiger partial charge >= 0.3 is 0 Å². The lowest BCUT2D eigenvalue weighted by Crippen LogP contribution is -2.13. The van der Waals surface area contributed by atoms with Gasteiger partial charge < -0.3 is 0 Å². The predicted octanol–water partition coefficient (Wildman–Crippen LogP) is 7.06. The SMILES string of the molecule is CCCCCCCC=Cc1ccc([C@H]2CC[C@H](F)CC2)cc1. The highest BCUT2D eigenvalue weighted by atomic mass is 19.1. The third-order valence-electron chi connectivity index (χ3n) is 4.85. The van der Waals surface area contributed by atoms with Crippen LogP contribution in [-0.2, 0) is 0 Å². The minimum Gasteiger partial charge on any atom is -0.247 e. The second-order valence-corrected chi connectivity index (χ2v) is 6.72. The first-order chi connectivity index (χ1) is 10.8. The lowest BCUT2D eigenvalue weighted by molar-refractivity contribution is 0.235. The number of rotatable bonds is 8. The summed E-state index contributed by atoms with van der Waals surface area (Å²) in [7, 11) is 0. The van der Waals surface area contributed by atoms with Gasteiger partial charge in [-0.1, -0.05) is 69.0 Å². The number of unbranched alkanes of at least 4 members (excludes halogenated alkanes) is 5. The summed E-state index contributed by atoms with van der Waals surface area (Å²) in [6, 6.07) is 8.91. The number of allylic oxidation sites excluding steroid dienone is 1. The summed E-state index contributed by atoms with van der Waals surface area (Å²) in [4.78, 5) is 0. The van der Waals surface area contributed by atoms with Crippen molar-refractivity contribution in [3.05, 3.63) is 41.5 Å². The Kier molecular flexibility index (Phi) is 7.70. The second kappa shape index (κ2) is 9.82. The summed E-state index contributed by atoms with van der Waals surface area (Å²) in [5.41, 5.74) is 2.68. The Morgan fingerprint density at radius 2 is 1.64 bits per heavy atom. The molecule has 1 aromatic rings. The third-order valence-corrected chi connectivity index (χ3v) is 4.85. The highest BCUT2D eigenvalue weighted by Crippen LogP contribution is 2.34. The summed E-state index contributed by atoms with van der Waals surface area (Å²) >= 11 is 0. The van der Waals surface area contributed by atoms with Gasteiger partial charge in [0.1, 0.15) is 6.17 Å². The van der Waals surface area contributed by atoms with Gasteiger partial charge in [-0.15, -0.1) is 0 Å². The fourth-order valence-electron chi connectivity index (χ4n) is 3.35. The van der Waals surface area contributed by atoms with Gasteiger partial charge in [-0.2, -0.15) is 0 Å². The van der Waals surface area contributed by atoms with E-state index >= 15 is 0 Å². The Labute approximate surface area is 135 Å².